The minimum absolute atomic E-state index is 0.0636. The molecule has 11 heteroatoms. The lowest BCUT2D eigenvalue weighted by Crippen LogP contribution is -2.56. The highest BCUT2D eigenvalue weighted by atomic mass is 35.5. The van der Waals surface area contributed by atoms with Crippen LogP contribution in [-0.2, 0) is 11.4 Å². The number of aromatic nitrogens is 2. The van der Waals surface area contributed by atoms with E-state index in [9.17, 15) is 19.4 Å². The van der Waals surface area contributed by atoms with Gasteiger partial charge in [0.15, 0.2) is 0 Å². The number of carbonyl (C=O) groups is 1. The van der Waals surface area contributed by atoms with E-state index in [0.717, 1.165) is 0 Å². The third kappa shape index (κ3) is 5.18. The minimum Gasteiger partial charge on any atom is -0.392 e. The number of aliphatic hydroxyl groups excluding tert-OH is 2. The van der Waals surface area contributed by atoms with Gasteiger partial charge in [-0.15, -0.1) is 0 Å². The van der Waals surface area contributed by atoms with Crippen LogP contribution < -0.4 is 4.90 Å². The summed E-state index contributed by atoms with van der Waals surface area (Å²) in [7, 11) is 0. The molecule has 4 heterocycles. The molecular weight excluding hydrogens is 547 g/mol. The van der Waals surface area contributed by atoms with Crippen LogP contribution >= 0.6 is 11.6 Å². The van der Waals surface area contributed by atoms with Gasteiger partial charge in [0.2, 0.25) is 12.3 Å². The van der Waals surface area contributed by atoms with Gasteiger partial charge in [0, 0.05) is 43.0 Å². The first-order valence-electron chi connectivity index (χ1n) is 13.4. The minimum atomic E-state index is -1.44. The highest BCUT2D eigenvalue weighted by Crippen LogP contribution is 2.43. The van der Waals surface area contributed by atoms with E-state index >= 15 is 0 Å². The van der Waals surface area contributed by atoms with Crippen LogP contribution in [-0.4, -0.2) is 73.8 Å². The molecule has 2 atom stereocenters. The van der Waals surface area contributed by atoms with Gasteiger partial charge < -0.3 is 20.0 Å². The average Bonchev–Trinajstić information content (AvgIpc) is 2.96. The monoisotopic (exact) mass is 578 g/mol. The molecule has 214 valence electrons. The zero-order valence-electron chi connectivity index (χ0n) is 23.1. The van der Waals surface area contributed by atoms with Crippen molar-refractivity contribution in [3.05, 3.63) is 82.9 Å². The van der Waals surface area contributed by atoms with Gasteiger partial charge in [-0.3, -0.25) is 14.7 Å². The highest BCUT2D eigenvalue weighted by molar-refractivity contribution is 6.33. The number of rotatable bonds is 5. The maximum atomic E-state index is 14.9. The summed E-state index contributed by atoms with van der Waals surface area (Å²) in [5.41, 5.74) is 2.58. The summed E-state index contributed by atoms with van der Waals surface area (Å²) in [5, 5.41) is 22.1. The molecule has 9 nitrogen and oxygen atoms in total. The van der Waals surface area contributed by atoms with Gasteiger partial charge in [0.1, 0.15) is 17.5 Å². The van der Waals surface area contributed by atoms with Crippen molar-refractivity contribution in [2.75, 3.05) is 24.5 Å². The predicted octanol–water partition coefficient (Wildman–Crippen LogP) is 4.44. The van der Waals surface area contributed by atoms with E-state index in [2.05, 4.69) is 11.6 Å². The van der Waals surface area contributed by atoms with Gasteiger partial charge in [-0.25, -0.2) is 14.4 Å². The predicted molar refractivity (Wildman–Crippen MR) is 157 cm³/mol. The molecule has 0 aliphatic carbocycles. The first-order chi connectivity index (χ1) is 19.7. The number of aliphatic hydroxyl groups is 2. The molecule has 5 rings (SSSR count). The molecule has 2 N–H and O–H groups in total. The van der Waals surface area contributed by atoms with Crippen molar-refractivity contribution in [1.82, 2.24) is 19.8 Å². The Morgan fingerprint density at radius 1 is 1.24 bits per heavy atom. The molecular formula is C30H32ClFN6O3. The number of amidine groups is 1. The smallest absolute Gasteiger partial charge is 0.246 e. The van der Waals surface area contributed by atoms with Crippen molar-refractivity contribution in [3.63, 3.8) is 0 Å². The highest BCUT2D eigenvalue weighted by Gasteiger charge is 2.38. The average molecular weight is 579 g/mol. The van der Waals surface area contributed by atoms with Gasteiger partial charge in [-0.05, 0) is 43.2 Å². The Bertz CT molecular complexity index is 1530. The lowest BCUT2D eigenvalue weighted by Gasteiger charge is -2.44. The normalized spacial score (nSPS) is 18.8. The van der Waals surface area contributed by atoms with E-state index in [1.54, 1.807) is 41.4 Å². The Morgan fingerprint density at radius 3 is 2.66 bits per heavy atom. The number of pyridine rings is 2. The Labute approximate surface area is 243 Å². The van der Waals surface area contributed by atoms with E-state index < -0.39 is 12.2 Å². The van der Waals surface area contributed by atoms with E-state index in [1.165, 1.54) is 17.0 Å². The van der Waals surface area contributed by atoms with E-state index in [-0.39, 0.29) is 40.8 Å². The molecule has 0 spiro atoms. The molecule has 2 aliphatic heterocycles. The lowest BCUT2D eigenvalue weighted by atomic mass is 10.0. The van der Waals surface area contributed by atoms with Crippen LogP contribution in [0.4, 0.5) is 15.9 Å². The molecule has 0 bridgehead atoms. The maximum absolute atomic E-state index is 14.9. The van der Waals surface area contributed by atoms with Crippen LogP contribution in [0.3, 0.4) is 0 Å². The first-order valence-corrected chi connectivity index (χ1v) is 13.8. The zero-order chi connectivity index (χ0) is 29.4. The topological polar surface area (TPSA) is 105 Å². The Kier molecular flexibility index (Phi) is 8.08. The maximum Gasteiger partial charge on any atom is 0.246 e. The second-order valence-corrected chi connectivity index (χ2v) is 10.8. The van der Waals surface area contributed by atoms with E-state index in [1.807, 2.05) is 25.7 Å². The number of halogens is 2. The zero-order valence-corrected chi connectivity index (χ0v) is 23.9. The van der Waals surface area contributed by atoms with Crippen molar-refractivity contribution < 1.29 is 19.4 Å². The molecule has 2 aromatic heterocycles. The molecule has 1 saturated heterocycles. The standard InChI is InChI=1S/C30H32ClFN6O3/c1-5-24(40)36-12-13-37(18(4)15-36)28-21-14-22(31)26(20-8-6-7-9-23(20)32)34-29(21)38(30(41)35-28)27-19(16-39)10-11-33-25(27)17(2)3/h5-11,14,17-18,30,39,41H,1,12-13,15-16H2,2-4H3/t18-,30?/m0/s1. The van der Waals surface area contributed by atoms with Gasteiger partial charge >= 0.3 is 0 Å². The van der Waals surface area contributed by atoms with E-state index in [4.69, 9.17) is 21.6 Å². The molecule has 0 radical (unpaired) electrons. The number of carbonyl (C=O) groups excluding carboxylic acids is 1. The molecule has 0 saturated carbocycles. The molecule has 2 aliphatic rings. The Morgan fingerprint density at radius 2 is 2.00 bits per heavy atom. The van der Waals surface area contributed by atoms with Gasteiger partial charge in [-0.1, -0.05) is 44.2 Å². The van der Waals surface area contributed by atoms with Crippen LogP contribution in [0.2, 0.25) is 5.02 Å². The van der Waals surface area contributed by atoms with Crippen LogP contribution in [0.1, 0.15) is 43.5 Å². The number of amides is 1. The van der Waals surface area contributed by atoms with Crippen molar-refractivity contribution in [1.29, 1.82) is 0 Å². The van der Waals surface area contributed by atoms with E-state index in [0.29, 0.717) is 53.8 Å². The summed E-state index contributed by atoms with van der Waals surface area (Å²) in [6, 6.07) is 9.42. The third-order valence-electron chi connectivity index (χ3n) is 7.40. The number of hydrogen-bond donors (Lipinski definition) is 2. The van der Waals surface area contributed by atoms with Gasteiger partial charge in [-0.2, -0.15) is 0 Å². The summed E-state index contributed by atoms with van der Waals surface area (Å²) < 4.78 is 14.9. The number of hydrogen-bond acceptors (Lipinski definition) is 8. The molecule has 1 amide bonds. The number of nitrogens with zero attached hydrogens (tertiary/aromatic N) is 6. The second kappa shape index (κ2) is 11.6. The Hall–Kier alpha value is -3.86. The molecule has 1 fully saturated rings. The molecule has 1 unspecified atom stereocenters. The SMILES string of the molecule is C=CC(=O)N1CCN(C2=NC(O)N(c3c(CO)ccnc3C(C)C)c3nc(-c4ccccc4F)c(Cl)cc32)[C@@H](C)C1. The van der Waals surface area contributed by atoms with Gasteiger partial charge in [0.25, 0.3) is 0 Å². The summed E-state index contributed by atoms with van der Waals surface area (Å²) in [6.07, 6.45) is 1.47. The van der Waals surface area contributed by atoms with Crippen LogP contribution in [0, 0.1) is 5.82 Å². The fourth-order valence-electron chi connectivity index (χ4n) is 5.41. The molecule has 3 aromatic rings. The fraction of sp³-hybridized carbons (Fsp3) is 0.333. The van der Waals surface area contributed by atoms with Gasteiger partial charge in [0.05, 0.1) is 34.3 Å². The number of piperazine rings is 1. The molecule has 41 heavy (non-hydrogen) atoms. The summed E-state index contributed by atoms with van der Waals surface area (Å²) in [5.74, 6) is 0.0488. The third-order valence-corrected chi connectivity index (χ3v) is 7.69. The Balaban J connectivity index is 1.72. The number of aliphatic imine (C=N–C) groups is 1. The number of anilines is 2. The van der Waals surface area contributed by atoms with Crippen molar-refractivity contribution in [3.8, 4) is 11.3 Å². The summed E-state index contributed by atoms with van der Waals surface area (Å²) >= 11 is 6.76. The quantitative estimate of drug-likeness (QED) is 0.431. The second-order valence-electron chi connectivity index (χ2n) is 10.4. The van der Waals surface area contributed by atoms with Crippen molar-refractivity contribution >= 4 is 34.8 Å². The number of fused-ring (bicyclic) bond motifs is 1. The summed E-state index contributed by atoms with van der Waals surface area (Å²) in [6.45, 7) is 10.5. The molecule has 1 aromatic carbocycles. The fourth-order valence-corrected chi connectivity index (χ4v) is 5.66. The van der Waals surface area contributed by atoms with Crippen molar-refractivity contribution in [2.45, 2.75) is 45.7 Å². The largest absolute Gasteiger partial charge is 0.392 e. The van der Waals surface area contributed by atoms with Crippen LogP contribution in [0.15, 0.2) is 60.2 Å². The summed E-state index contributed by atoms with van der Waals surface area (Å²) in [4.78, 5) is 31.6. The first kappa shape index (κ1) is 28.7. The number of benzene rings is 1. The van der Waals surface area contributed by atoms with Crippen LogP contribution in [0.5, 0.6) is 0 Å². The van der Waals surface area contributed by atoms with Crippen LogP contribution in [0.25, 0.3) is 11.3 Å². The lowest BCUT2D eigenvalue weighted by molar-refractivity contribution is -0.128. The van der Waals surface area contributed by atoms with Crippen molar-refractivity contribution in [2.24, 2.45) is 4.99 Å².